The summed E-state index contributed by atoms with van der Waals surface area (Å²) < 4.78 is 29.7. The van der Waals surface area contributed by atoms with Crippen molar-refractivity contribution in [1.82, 2.24) is 9.78 Å². The van der Waals surface area contributed by atoms with Gasteiger partial charge in [-0.25, -0.2) is 0 Å². The third-order valence-corrected chi connectivity index (χ3v) is 7.18. The monoisotopic (exact) mass is 469 g/mol. The highest BCUT2D eigenvalue weighted by atomic mass is 35.5. The van der Waals surface area contributed by atoms with E-state index in [0.29, 0.717) is 29.4 Å². The van der Waals surface area contributed by atoms with Crippen LogP contribution >= 0.6 is 11.6 Å². The first-order chi connectivity index (χ1) is 15.3. The summed E-state index contributed by atoms with van der Waals surface area (Å²) in [7, 11) is -2.30. The van der Waals surface area contributed by atoms with Gasteiger partial charge in [0.05, 0.1) is 18.3 Å². The summed E-state index contributed by atoms with van der Waals surface area (Å²) in [6.07, 6.45) is 1.96. The van der Waals surface area contributed by atoms with E-state index in [9.17, 15) is 13.2 Å². The second-order valence-electron chi connectivity index (χ2n) is 7.41. The zero-order valence-corrected chi connectivity index (χ0v) is 18.8. The summed E-state index contributed by atoms with van der Waals surface area (Å²) in [5, 5.41) is 13.4. The smallest absolute Gasteiger partial charge is 0.283 e. The second-order valence-corrected chi connectivity index (χ2v) is 9.65. The molecule has 164 valence electrons. The lowest BCUT2D eigenvalue weighted by Gasteiger charge is -2.25. The standard InChI is InChI=1S/C22H20ClN5O3S/c1-26-12-10-21(25-26)32(30,31)28(15-16-2-4-18(23)5-3-16)19-6-7-20-17(14-19)9-13-27(20)22(29)8-11-24/h2-7,10,12,14H,8-9,13,15H2,1H3. The van der Waals surface area contributed by atoms with E-state index in [1.807, 2.05) is 6.07 Å². The minimum atomic E-state index is -3.95. The molecule has 0 unspecified atom stereocenters. The molecule has 0 atom stereocenters. The highest BCUT2D eigenvalue weighted by molar-refractivity contribution is 7.92. The molecule has 10 heteroatoms. The highest BCUT2D eigenvalue weighted by Crippen LogP contribution is 2.34. The van der Waals surface area contributed by atoms with Crippen LogP contribution in [0, 0.1) is 11.3 Å². The number of carbonyl (C=O) groups excluding carboxylic acids is 1. The van der Waals surface area contributed by atoms with Crippen molar-refractivity contribution in [2.75, 3.05) is 15.7 Å². The summed E-state index contributed by atoms with van der Waals surface area (Å²) in [4.78, 5) is 13.8. The summed E-state index contributed by atoms with van der Waals surface area (Å²) in [5.41, 5.74) is 2.79. The van der Waals surface area contributed by atoms with Crippen molar-refractivity contribution in [2.24, 2.45) is 7.05 Å². The average Bonchev–Trinajstić information content (AvgIpc) is 3.39. The Kier molecular flexibility index (Phi) is 5.91. The Morgan fingerprint density at radius 3 is 2.62 bits per heavy atom. The van der Waals surface area contributed by atoms with Gasteiger partial charge in [0.25, 0.3) is 10.0 Å². The van der Waals surface area contributed by atoms with Gasteiger partial charge in [-0.3, -0.25) is 13.8 Å². The molecule has 0 saturated heterocycles. The summed E-state index contributed by atoms with van der Waals surface area (Å²) in [6, 6.07) is 15.5. The number of hydrogen-bond acceptors (Lipinski definition) is 5. The fraction of sp³-hybridized carbons (Fsp3) is 0.227. The van der Waals surface area contributed by atoms with Gasteiger partial charge in [-0.2, -0.15) is 18.8 Å². The summed E-state index contributed by atoms with van der Waals surface area (Å²) in [5.74, 6) is -0.266. The maximum absolute atomic E-state index is 13.5. The fourth-order valence-corrected chi connectivity index (χ4v) is 5.21. The number of fused-ring (bicyclic) bond motifs is 1. The molecule has 1 aliphatic rings. The minimum absolute atomic E-state index is 0.0553. The Morgan fingerprint density at radius 2 is 1.97 bits per heavy atom. The van der Waals surface area contributed by atoms with Gasteiger partial charge in [-0.1, -0.05) is 23.7 Å². The molecule has 1 aromatic heterocycles. The first-order valence-electron chi connectivity index (χ1n) is 9.86. The highest BCUT2D eigenvalue weighted by Gasteiger charge is 2.30. The van der Waals surface area contributed by atoms with E-state index in [4.69, 9.17) is 16.9 Å². The molecule has 0 bridgehead atoms. The number of benzene rings is 2. The molecular weight excluding hydrogens is 450 g/mol. The molecule has 0 spiro atoms. The van der Waals surface area contributed by atoms with Crippen molar-refractivity contribution >= 4 is 38.9 Å². The van der Waals surface area contributed by atoms with Crippen molar-refractivity contribution in [1.29, 1.82) is 5.26 Å². The lowest BCUT2D eigenvalue weighted by molar-refractivity contribution is -0.117. The second kappa shape index (κ2) is 8.65. The molecule has 0 radical (unpaired) electrons. The van der Waals surface area contributed by atoms with Crippen LogP contribution in [0.2, 0.25) is 5.02 Å². The van der Waals surface area contributed by atoms with E-state index in [-0.39, 0.29) is 23.9 Å². The molecule has 3 aromatic rings. The number of nitrogens with zero attached hydrogens (tertiary/aromatic N) is 5. The van der Waals surface area contributed by atoms with Crippen LogP contribution in [0.25, 0.3) is 0 Å². The lowest BCUT2D eigenvalue weighted by atomic mass is 10.1. The van der Waals surface area contributed by atoms with Crippen molar-refractivity contribution in [3.8, 4) is 6.07 Å². The van der Waals surface area contributed by atoms with Crippen LogP contribution in [0.15, 0.2) is 59.8 Å². The largest absolute Gasteiger partial charge is 0.311 e. The van der Waals surface area contributed by atoms with E-state index in [1.165, 1.54) is 15.1 Å². The van der Waals surface area contributed by atoms with Crippen molar-refractivity contribution in [2.45, 2.75) is 24.4 Å². The number of rotatable bonds is 6. The molecule has 4 rings (SSSR count). The van der Waals surface area contributed by atoms with Gasteiger partial charge in [0, 0.05) is 30.5 Å². The predicted octanol–water partition coefficient (Wildman–Crippen LogP) is 3.27. The van der Waals surface area contributed by atoms with E-state index < -0.39 is 10.0 Å². The Labute approximate surface area is 191 Å². The molecule has 32 heavy (non-hydrogen) atoms. The van der Waals surface area contributed by atoms with Crippen molar-refractivity contribution < 1.29 is 13.2 Å². The lowest BCUT2D eigenvalue weighted by Crippen LogP contribution is -2.31. The normalized spacial score (nSPS) is 13.0. The van der Waals surface area contributed by atoms with Gasteiger partial charge in [-0.05, 0) is 53.9 Å². The Balaban J connectivity index is 1.74. The minimum Gasteiger partial charge on any atom is -0.311 e. The molecule has 2 heterocycles. The maximum Gasteiger partial charge on any atom is 0.283 e. The molecule has 8 nitrogen and oxygen atoms in total. The number of aromatic nitrogens is 2. The third-order valence-electron chi connectivity index (χ3n) is 5.26. The van der Waals surface area contributed by atoms with E-state index in [1.54, 1.807) is 60.6 Å². The van der Waals surface area contributed by atoms with E-state index in [0.717, 1.165) is 11.1 Å². The molecule has 0 aliphatic carbocycles. The molecule has 0 fully saturated rings. The van der Waals surface area contributed by atoms with Gasteiger partial charge >= 0.3 is 0 Å². The molecule has 1 aliphatic heterocycles. The van der Waals surface area contributed by atoms with Gasteiger partial charge in [-0.15, -0.1) is 0 Å². The quantitative estimate of drug-likeness (QED) is 0.551. The number of hydrogen-bond donors (Lipinski definition) is 0. The molecule has 0 saturated carbocycles. The van der Waals surface area contributed by atoms with Gasteiger partial charge in [0.2, 0.25) is 5.91 Å². The van der Waals surface area contributed by atoms with Crippen LogP contribution in [0.5, 0.6) is 0 Å². The predicted molar refractivity (Wildman–Crippen MR) is 121 cm³/mol. The molecule has 2 aromatic carbocycles. The molecule has 0 N–H and O–H groups in total. The number of amides is 1. The number of nitriles is 1. The first kappa shape index (κ1) is 21.9. The summed E-state index contributed by atoms with van der Waals surface area (Å²) in [6.45, 7) is 0.551. The van der Waals surface area contributed by atoms with Gasteiger partial charge < -0.3 is 4.90 Å². The van der Waals surface area contributed by atoms with Crippen LogP contribution in [0.3, 0.4) is 0 Å². The Hall–Kier alpha value is -3.35. The summed E-state index contributed by atoms with van der Waals surface area (Å²) >= 11 is 5.98. The number of aryl methyl sites for hydroxylation is 1. The van der Waals surface area contributed by atoms with Gasteiger partial charge in [0.1, 0.15) is 6.42 Å². The first-order valence-corrected chi connectivity index (χ1v) is 11.7. The Bertz CT molecular complexity index is 1310. The van der Waals surface area contributed by atoms with Gasteiger partial charge in [0.15, 0.2) is 5.03 Å². The number of carbonyl (C=O) groups is 1. The average molecular weight is 470 g/mol. The van der Waals surface area contributed by atoms with E-state index in [2.05, 4.69) is 5.10 Å². The van der Waals surface area contributed by atoms with Crippen LogP contribution in [0.4, 0.5) is 11.4 Å². The number of halogens is 1. The van der Waals surface area contributed by atoms with Crippen LogP contribution in [-0.2, 0) is 34.8 Å². The van der Waals surface area contributed by atoms with Crippen molar-refractivity contribution in [3.63, 3.8) is 0 Å². The van der Waals surface area contributed by atoms with Crippen molar-refractivity contribution in [3.05, 3.63) is 70.9 Å². The van der Waals surface area contributed by atoms with Crippen LogP contribution < -0.4 is 9.21 Å². The number of sulfonamides is 1. The number of anilines is 2. The zero-order chi connectivity index (χ0) is 22.9. The molecule has 1 amide bonds. The van der Waals surface area contributed by atoms with Crippen LogP contribution in [0.1, 0.15) is 17.5 Å². The van der Waals surface area contributed by atoms with E-state index >= 15 is 0 Å². The third kappa shape index (κ3) is 4.20. The molecular formula is C22H20ClN5O3S. The topological polar surface area (TPSA) is 99.3 Å². The maximum atomic E-state index is 13.5. The fourth-order valence-electron chi connectivity index (χ4n) is 3.68. The Morgan fingerprint density at radius 1 is 1.22 bits per heavy atom. The van der Waals surface area contributed by atoms with Crippen LogP contribution in [-0.4, -0.2) is 30.7 Å². The zero-order valence-electron chi connectivity index (χ0n) is 17.3. The SMILES string of the molecule is Cn1ccc(S(=O)(=O)N(Cc2ccc(Cl)cc2)c2ccc3c(c2)CCN3C(=O)CC#N)n1.